The van der Waals surface area contributed by atoms with E-state index >= 15 is 0 Å². The maximum absolute atomic E-state index is 10.2. The first kappa shape index (κ1) is 26.2. The SMILES string of the molecule is CCOC(=O)CC.CCOCC.OCCOCCOCCO. The summed E-state index contributed by atoms with van der Waals surface area (Å²) in [6, 6.07) is 0. The van der Waals surface area contributed by atoms with Crippen molar-refractivity contribution in [3.8, 4) is 0 Å². The van der Waals surface area contributed by atoms with Crippen LogP contribution in [0, 0.1) is 0 Å². The fourth-order valence-corrected chi connectivity index (χ4v) is 0.918. The first-order chi connectivity index (χ1) is 10.6. The third-order valence-electron chi connectivity index (χ3n) is 1.85. The number of hydrogen-bond donors (Lipinski definition) is 2. The first-order valence-corrected chi connectivity index (χ1v) is 7.74. The summed E-state index contributed by atoms with van der Waals surface area (Å²) in [5, 5.41) is 16.5. The second-order valence-corrected chi connectivity index (χ2v) is 3.61. The molecule has 7 nitrogen and oxygen atoms in total. The van der Waals surface area contributed by atoms with Crippen LogP contribution >= 0.6 is 0 Å². The van der Waals surface area contributed by atoms with Gasteiger partial charge in [0.1, 0.15) is 0 Å². The number of carbonyl (C=O) groups is 1. The Bertz CT molecular complexity index is 179. The standard InChI is InChI=1S/C6H14O4.C5H10O2.C4H10O/c7-1-3-9-5-6-10-4-2-8;1-3-5(6)7-4-2;1-3-5-4-2/h7-8H,1-6H2;3-4H2,1-2H3;3-4H2,1-2H3. The van der Waals surface area contributed by atoms with Crippen LogP contribution in [-0.2, 0) is 23.7 Å². The second kappa shape index (κ2) is 28.4. The summed E-state index contributed by atoms with van der Waals surface area (Å²) >= 11 is 0. The number of aliphatic hydroxyl groups is 2. The predicted molar refractivity (Wildman–Crippen MR) is 84.9 cm³/mol. The Hall–Kier alpha value is -0.730. The normalized spacial score (nSPS) is 9.18. The van der Waals surface area contributed by atoms with Crippen LogP contribution in [0.2, 0.25) is 0 Å². The maximum atomic E-state index is 10.2. The van der Waals surface area contributed by atoms with Crippen LogP contribution in [0.15, 0.2) is 0 Å². The summed E-state index contributed by atoms with van der Waals surface area (Å²) < 4.78 is 19.1. The summed E-state index contributed by atoms with van der Waals surface area (Å²) in [6.45, 7) is 11.5. The zero-order valence-electron chi connectivity index (χ0n) is 14.5. The molecule has 0 bridgehead atoms. The predicted octanol–water partition coefficient (Wildman–Crippen LogP) is 1.01. The molecule has 0 aliphatic carbocycles. The molecule has 0 aromatic rings. The lowest BCUT2D eigenvalue weighted by atomic mass is 10.5. The fraction of sp³-hybridized carbons (Fsp3) is 0.933. The summed E-state index contributed by atoms with van der Waals surface area (Å²) in [6.07, 6.45) is 0.480. The molecule has 0 saturated carbocycles. The van der Waals surface area contributed by atoms with Gasteiger partial charge in [0.25, 0.3) is 0 Å². The van der Waals surface area contributed by atoms with Crippen LogP contribution in [0.5, 0.6) is 0 Å². The molecule has 0 spiro atoms. The van der Waals surface area contributed by atoms with Gasteiger partial charge in [-0.25, -0.2) is 0 Å². The van der Waals surface area contributed by atoms with Crippen molar-refractivity contribution in [2.24, 2.45) is 0 Å². The van der Waals surface area contributed by atoms with Gasteiger partial charge in [0, 0.05) is 19.6 Å². The topological polar surface area (TPSA) is 94.5 Å². The van der Waals surface area contributed by atoms with Gasteiger partial charge in [-0.3, -0.25) is 4.79 Å². The number of rotatable bonds is 11. The van der Waals surface area contributed by atoms with Crippen LogP contribution in [0.4, 0.5) is 0 Å². The van der Waals surface area contributed by atoms with Crippen molar-refractivity contribution in [3.63, 3.8) is 0 Å². The van der Waals surface area contributed by atoms with Crippen LogP contribution in [0.1, 0.15) is 34.1 Å². The Balaban J connectivity index is -0.000000263. The molecule has 2 N–H and O–H groups in total. The number of esters is 1. The molecule has 0 heterocycles. The highest BCUT2D eigenvalue weighted by Crippen LogP contribution is 1.80. The lowest BCUT2D eigenvalue weighted by molar-refractivity contribution is -0.142. The average molecular weight is 326 g/mol. The smallest absolute Gasteiger partial charge is 0.305 e. The molecule has 0 radical (unpaired) electrons. The zero-order chi connectivity index (χ0) is 17.5. The minimum atomic E-state index is -0.123. The molecule has 0 atom stereocenters. The summed E-state index contributed by atoms with van der Waals surface area (Å²) in [5.74, 6) is -0.123. The van der Waals surface area contributed by atoms with Gasteiger partial charge >= 0.3 is 5.97 Å². The Kier molecular flexibility index (Phi) is 33.8. The van der Waals surface area contributed by atoms with Gasteiger partial charge in [-0.2, -0.15) is 0 Å². The number of hydrogen-bond acceptors (Lipinski definition) is 7. The third kappa shape index (κ3) is 36.5. The third-order valence-corrected chi connectivity index (χ3v) is 1.85. The van der Waals surface area contributed by atoms with E-state index in [-0.39, 0.29) is 19.2 Å². The average Bonchev–Trinajstić information content (AvgIpc) is 2.53. The van der Waals surface area contributed by atoms with Gasteiger partial charge < -0.3 is 29.2 Å². The highest BCUT2D eigenvalue weighted by atomic mass is 16.5. The molecule has 0 aromatic carbocycles. The van der Waals surface area contributed by atoms with E-state index in [2.05, 4.69) is 4.74 Å². The molecule has 0 unspecified atom stereocenters. The van der Waals surface area contributed by atoms with Crippen molar-refractivity contribution >= 4 is 5.97 Å². The van der Waals surface area contributed by atoms with E-state index < -0.39 is 0 Å². The van der Waals surface area contributed by atoms with Crippen molar-refractivity contribution in [1.29, 1.82) is 0 Å². The van der Waals surface area contributed by atoms with E-state index in [4.69, 9.17) is 24.4 Å². The van der Waals surface area contributed by atoms with Crippen LogP contribution < -0.4 is 0 Å². The van der Waals surface area contributed by atoms with Crippen LogP contribution in [-0.4, -0.2) is 75.6 Å². The van der Waals surface area contributed by atoms with E-state index in [9.17, 15) is 4.79 Å². The molecular formula is C15H34O7. The molecule has 0 rings (SSSR count). The van der Waals surface area contributed by atoms with E-state index in [1.165, 1.54) is 0 Å². The Morgan fingerprint density at radius 3 is 1.36 bits per heavy atom. The highest BCUT2D eigenvalue weighted by molar-refractivity contribution is 5.68. The molecular weight excluding hydrogens is 292 g/mol. The van der Waals surface area contributed by atoms with Gasteiger partial charge in [-0.1, -0.05) is 6.92 Å². The Morgan fingerprint density at radius 1 is 0.727 bits per heavy atom. The minimum absolute atomic E-state index is 0.0417. The Labute approximate surface area is 134 Å². The lowest BCUT2D eigenvalue weighted by Gasteiger charge is -2.01. The molecule has 0 aliphatic rings. The van der Waals surface area contributed by atoms with Crippen molar-refractivity contribution in [3.05, 3.63) is 0 Å². The second-order valence-electron chi connectivity index (χ2n) is 3.61. The first-order valence-electron chi connectivity index (χ1n) is 7.74. The van der Waals surface area contributed by atoms with Gasteiger partial charge in [-0.15, -0.1) is 0 Å². The minimum Gasteiger partial charge on any atom is -0.466 e. The van der Waals surface area contributed by atoms with E-state index in [0.717, 1.165) is 13.2 Å². The quantitative estimate of drug-likeness (QED) is 0.432. The summed E-state index contributed by atoms with van der Waals surface area (Å²) in [4.78, 5) is 10.2. The number of aliphatic hydroxyl groups excluding tert-OH is 2. The molecule has 0 amide bonds. The summed E-state index contributed by atoms with van der Waals surface area (Å²) in [5.41, 5.74) is 0. The van der Waals surface area contributed by atoms with Crippen LogP contribution in [0.25, 0.3) is 0 Å². The molecule has 22 heavy (non-hydrogen) atoms. The van der Waals surface area contributed by atoms with Crippen molar-refractivity contribution in [2.45, 2.75) is 34.1 Å². The van der Waals surface area contributed by atoms with E-state index in [1.54, 1.807) is 13.8 Å². The highest BCUT2D eigenvalue weighted by Gasteiger charge is 1.91. The van der Waals surface area contributed by atoms with Gasteiger partial charge in [-0.05, 0) is 20.8 Å². The molecule has 0 aromatic heterocycles. The Morgan fingerprint density at radius 2 is 1.18 bits per heavy atom. The van der Waals surface area contributed by atoms with E-state index in [1.807, 2.05) is 13.8 Å². The summed E-state index contributed by atoms with van der Waals surface area (Å²) in [7, 11) is 0. The molecule has 0 saturated heterocycles. The zero-order valence-corrected chi connectivity index (χ0v) is 14.5. The number of carbonyl (C=O) groups excluding carboxylic acids is 1. The van der Waals surface area contributed by atoms with Gasteiger partial charge in [0.2, 0.25) is 0 Å². The van der Waals surface area contributed by atoms with Crippen molar-refractivity contribution < 1.29 is 34.0 Å². The molecule has 7 heteroatoms. The molecule has 136 valence electrons. The van der Waals surface area contributed by atoms with Crippen molar-refractivity contribution in [1.82, 2.24) is 0 Å². The monoisotopic (exact) mass is 326 g/mol. The largest absolute Gasteiger partial charge is 0.466 e. The molecule has 0 aliphatic heterocycles. The van der Waals surface area contributed by atoms with Crippen LogP contribution in [0.3, 0.4) is 0 Å². The van der Waals surface area contributed by atoms with Gasteiger partial charge in [0.05, 0.1) is 46.2 Å². The fourth-order valence-electron chi connectivity index (χ4n) is 0.918. The molecule has 0 fully saturated rings. The van der Waals surface area contributed by atoms with Crippen molar-refractivity contribution in [2.75, 3.05) is 59.5 Å². The van der Waals surface area contributed by atoms with E-state index in [0.29, 0.717) is 39.5 Å². The number of ether oxygens (including phenoxy) is 4. The van der Waals surface area contributed by atoms with Gasteiger partial charge in [0.15, 0.2) is 0 Å². The maximum Gasteiger partial charge on any atom is 0.305 e. The lowest BCUT2D eigenvalue weighted by Crippen LogP contribution is -2.09.